The zero-order chi connectivity index (χ0) is 40.9. The summed E-state index contributed by atoms with van der Waals surface area (Å²) in [5.41, 5.74) is 16.5. The lowest BCUT2D eigenvalue weighted by Gasteiger charge is -2.43. The summed E-state index contributed by atoms with van der Waals surface area (Å²) in [7, 11) is 0. The molecule has 1 aliphatic rings. The maximum absolute atomic E-state index is 2.56. The smallest absolute Gasteiger partial charge is 0.0618 e. The maximum atomic E-state index is 2.56. The van der Waals surface area contributed by atoms with Gasteiger partial charge < -0.3 is 9.80 Å². The zero-order valence-corrected chi connectivity index (χ0v) is 34.3. The lowest BCUT2D eigenvalue weighted by Crippen LogP contribution is -2.31. The van der Waals surface area contributed by atoms with E-state index in [1.807, 2.05) is 0 Å². The molecule has 0 saturated carbocycles. The van der Waals surface area contributed by atoms with Gasteiger partial charge in [0.2, 0.25) is 0 Å². The Hall–Kier alpha value is -7.68. The molecular formula is C59H44N2. The number of hydrogen-bond acceptors (Lipinski definition) is 2. The largest absolute Gasteiger partial charge is 0.311 e. The molecule has 0 saturated heterocycles. The molecule has 1 aliphatic heterocycles. The third-order valence-corrected chi connectivity index (χ3v) is 12.6. The second kappa shape index (κ2) is 14.9. The van der Waals surface area contributed by atoms with Crippen LogP contribution in [0.25, 0.3) is 54.9 Å². The lowest BCUT2D eigenvalue weighted by atomic mass is 9.73. The third kappa shape index (κ3) is 6.27. The summed E-state index contributed by atoms with van der Waals surface area (Å²) in [6.07, 6.45) is 0. The molecule has 0 radical (unpaired) electrons. The van der Waals surface area contributed by atoms with Crippen LogP contribution >= 0.6 is 0 Å². The van der Waals surface area contributed by atoms with Gasteiger partial charge >= 0.3 is 0 Å². The Morgan fingerprint density at radius 1 is 0.344 bits per heavy atom. The van der Waals surface area contributed by atoms with E-state index in [9.17, 15) is 0 Å². The molecular weight excluding hydrogens is 737 g/mol. The first-order valence-corrected chi connectivity index (χ1v) is 21.2. The second-order valence-corrected chi connectivity index (χ2v) is 16.5. The summed E-state index contributed by atoms with van der Waals surface area (Å²) in [5, 5.41) is 4.93. The lowest BCUT2D eigenvalue weighted by molar-refractivity contribution is 0.632. The molecule has 0 fully saturated rings. The van der Waals surface area contributed by atoms with Gasteiger partial charge in [0.1, 0.15) is 0 Å². The first-order valence-electron chi connectivity index (χ1n) is 21.2. The van der Waals surface area contributed by atoms with Gasteiger partial charge in [-0.25, -0.2) is 0 Å². The van der Waals surface area contributed by atoms with Crippen LogP contribution in [0.15, 0.2) is 231 Å². The fraction of sp³-hybridized carbons (Fsp3) is 0.0508. The second-order valence-electron chi connectivity index (χ2n) is 16.5. The minimum Gasteiger partial charge on any atom is -0.311 e. The van der Waals surface area contributed by atoms with E-state index in [4.69, 9.17) is 0 Å². The number of fused-ring (bicyclic) bond motifs is 4. The standard InChI is InChI=1S/C59H44N2/c1-59(2)54-26-13-14-27-56(54)61(58-51-24-12-10-19-45(51)32-38-53(58)52-25-15-20-44-18-9-11-23-50(44)52)57-40-46(33-39-55(57)59)43-30-36-49(37-31-43)60(47-21-7-4-8-22-47)48-34-28-42(29-35-48)41-16-5-3-6-17-41/h3-40H,1-2H3. The van der Waals surface area contributed by atoms with E-state index >= 15 is 0 Å². The van der Waals surface area contributed by atoms with E-state index in [0.29, 0.717) is 0 Å². The van der Waals surface area contributed by atoms with Crippen LogP contribution in [0.4, 0.5) is 34.1 Å². The number of anilines is 6. The van der Waals surface area contributed by atoms with Gasteiger partial charge in [-0.2, -0.15) is 0 Å². The molecule has 0 bridgehead atoms. The monoisotopic (exact) mass is 780 g/mol. The Bertz CT molecular complexity index is 3200. The molecule has 2 nitrogen and oxygen atoms in total. The first-order chi connectivity index (χ1) is 30.0. The molecule has 0 unspecified atom stereocenters. The molecule has 0 aliphatic carbocycles. The normalized spacial score (nSPS) is 12.9. The molecule has 2 heteroatoms. The van der Waals surface area contributed by atoms with Crippen molar-refractivity contribution in [2.75, 3.05) is 9.80 Å². The fourth-order valence-electron chi connectivity index (χ4n) is 9.57. The van der Waals surface area contributed by atoms with Gasteiger partial charge in [0.25, 0.3) is 0 Å². The Balaban J connectivity index is 1.06. The molecule has 0 N–H and O–H groups in total. The molecule has 10 aromatic carbocycles. The summed E-state index contributed by atoms with van der Waals surface area (Å²) < 4.78 is 0. The van der Waals surface area contributed by atoms with Gasteiger partial charge in [-0.1, -0.05) is 196 Å². The molecule has 0 spiro atoms. The van der Waals surface area contributed by atoms with Crippen LogP contribution in [0.3, 0.4) is 0 Å². The predicted molar refractivity (Wildman–Crippen MR) is 259 cm³/mol. The van der Waals surface area contributed by atoms with Gasteiger partial charge in [0.15, 0.2) is 0 Å². The molecule has 0 amide bonds. The van der Waals surface area contributed by atoms with Gasteiger partial charge in [0, 0.05) is 33.4 Å². The summed E-state index contributed by atoms with van der Waals surface area (Å²) in [6, 6.07) is 84.2. The number of rotatable bonds is 7. The molecule has 0 atom stereocenters. The third-order valence-electron chi connectivity index (χ3n) is 12.6. The molecule has 10 aromatic rings. The zero-order valence-electron chi connectivity index (χ0n) is 34.3. The minimum absolute atomic E-state index is 0.221. The molecule has 290 valence electrons. The number of nitrogens with zero attached hydrogens (tertiary/aromatic N) is 2. The fourth-order valence-corrected chi connectivity index (χ4v) is 9.57. The number of hydrogen-bond donors (Lipinski definition) is 0. The van der Waals surface area contributed by atoms with Crippen molar-refractivity contribution >= 4 is 55.7 Å². The Kier molecular flexibility index (Phi) is 8.86. The SMILES string of the molecule is CC1(C)c2ccccc2N(c2c(-c3cccc4ccccc34)ccc3ccccc23)c2cc(-c3ccc(N(c4ccccc4)c4ccc(-c5ccccc5)cc4)cc3)ccc21. The van der Waals surface area contributed by atoms with Crippen molar-refractivity contribution in [2.24, 2.45) is 0 Å². The van der Waals surface area contributed by atoms with Crippen molar-refractivity contribution in [2.45, 2.75) is 19.3 Å². The highest BCUT2D eigenvalue weighted by molar-refractivity contribution is 6.11. The summed E-state index contributed by atoms with van der Waals surface area (Å²) in [6.45, 7) is 4.74. The van der Waals surface area contributed by atoms with E-state index in [0.717, 1.165) is 17.1 Å². The van der Waals surface area contributed by atoms with Crippen molar-refractivity contribution in [1.82, 2.24) is 0 Å². The summed E-state index contributed by atoms with van der Waals surface area (Å²) in [4.78, 5) is 4.89. The van der Waals surface area contributed by atoms with E-state index < -0.39 is 0 Å². The van der Waals surface area contributed by atoms with Crippen molar-refractivity contribution in [3.63, 3.8) is 0 Å². The predicted octanol–water partition coefficient (Wildman–Crippen LogP) is 16.6. The highest BCUT2D eigenvalue weighted by Crippen LogP contribution is 2.56. The molecule has 61 heavy (non-hydrogen) atoms. The maximum Gasteiger partial charge on any atom is 0.0618 e. The quantitative estimate of drug-likeness (QED) is 0.159. The molecule has 11 rings (SSSR count). The van der Waals surface area contributed by atoms with E-state index in [1.54, 1.807) is 0 Å². The summed E-state index contributed by atoms with van der Waals surface area (Å²) in [5.74, 6) is 0. The number of benzene rings is 10. The Morgan fingerprint density at radius 3 is 1.57 bits per heavy atom. The van der Waals surface area contributed by atoms with E-state index in [2.05, 4.69) is 254 Å². The van der Waals surface area contributed by atoms with E-state index in [1.165, 1.54) is 83.1 Å². The minimum atomic E-state index is -0.221. The van der Waals surface area contributed by atoms with Crippen LogP contribution in [-0.2, 0) is 5.41 Å². The first kappa shape index (κ1) is 36.4. The van der Waals surface area contributed by atoms with Crippen LogP contribution in [0.1, 0.15) is 25.0 Å². The average Bonchev–Trinajstić information content (AvgIpc) is 3.32. The van der Waals surface area contributed by atoms with Gasteiger partial charge in [0.05, 0.1) is 17.1 Å². The number of para-hydroxylation sites is 2. The summed E-state index contributed by atoms with van der Waals surface area (Å²) >= 11 is 0. The van der Waals surface area contributed by atoms with Gasteiger partial charge in [-0.3, -0.25) is 0 Å². The van der Waals surface area contributed by atoms with Crippen LogP contribution in [-0.4, -0.2) is 0 Å². The average molecular weight is 781 g/mol. The Morgan fingerprint density at radius 2 is 0.852 bits per heavy atom. The van der Waals surface area contributed by atoms with Crippen LogP contribution in [0.5, 0.6) is 0 Å². The Labute approximate surface area is 358 Å². The van der Waals surface area contributed by atoms with Crippen LogP contribution in [0.2, 0.25) is 0 Å². The van der Waals surface area contributed by atoms with Gasteiger partial charge in [-0.05, 0) is 104 Å². The van der Waals surface area contributed by atoms with E-state index in [-0.39, 0.29) is 5.41 Å². The van der Waals surface area contributed by atoms with Crippen molar-refractivity contribution in [1.29, 1.82) is 0 Å². The topological polar surface area (TPSA) is 6.48 Å². The van der Waals surface area contributed by atoms with Crippen LogP contribution in [0, 0.1) is 0 Å². The highest BCUT2D eigenvalue weighted by atomic mass is 15.2. The van der Waals surface area contributed by atoms with Crippen molar-refractivity contribution in [3.8, 4) is 33.4 Å². The molecule has 0 aromatic heterocycles. The highest BCUT2D eigenvalue weighted by Gasteiger charge is 2.38. The van der Waals surface area contributed by atoms with Crippen molar-refractivity contribution < 1.29 is 0 Å². The van der Waals surface area contributed by atoms with Crippen molar-refractivity contribution in [3.05, 3.63) is 242 Å². The molecule has 1 heterocycles. The van der Waals surface area contributed by atoms with Gasteiger partial charge in [-0.15, -0.1) is 0 Å². The van der Waals surface area contributed by atoms with Crippen LogP contribution < -0.4 is 9.80 Å².